The highest BCUT2D eigenvalue weighted by Gasteiger charge is 2.18. The Balaban J connectivity index is 0.00000128. The van der Waals surface area contributed by atoms with E-state index in [1.165, 1.54) is 11.0 Å². The van der Waals surface area contributed by atoms with Gasteiger partial charge in [0.1, 0.15) is 11.0 Å². The first-order valence-electron chi connectivity index (χ1n) is 5.56. The highest BCUT2D eigenvalue weighted by Crippen LogP contribution is 2.15. The average Bonchev–Trinajstić information content (AvgIpc) is 2.53. The maximum absolute atomic E-state index is 6.14. The third-order valence-electron chi connectivity index (χ3n) is 2.78. The second kappa shape index (κ2) is 5.34. The summed E-state index contributed by atoms with van der Waals surface area (Å²) in [6.45, 7) is 6.20. The van der Waals surface area contributed by atoms with Gasteiger partial charge < -0.3 is 17.0 Å². The molecular weight excluding hydrogens is 266 g/mol. The van der Waals surface area contributed by atoms with E-state index in [1.807, 2.05) is 0 Å². The van der Waals surface area contributed by atoms with Gasteiger partial charge in [0, 0.05) is 0 Å². The molecule has 1 heterocycles. The number of rotatable bonds is 3. The van der Waals surface area contributed by atoms with Gasteiger partial charge in [0.05, 0.1) is 13.1 Å². The Hall–Kier alpha value is -1.03. The largest absolute Gasteiger partial charge is 1.00 e. The van der Waals surface area contributed by atoms with Crippen molar-refractivity contribution in [3.05, 3.63) is 24.3 Å². The predicted octanol–water partition coefficient (Wildman–Crippen LogP) is -1.06. The van der Waals surface area contributed by atoms with E-state index in [0.717, 1.165) is 25.5 Å². The molecule has 4 heteroatoms. The maximum Gasteiger partial charge on any atom is 0.356 e. The van der Waals surface area contributed by atoms with Crippen LogP contribution in [0.3, 0.4) is 0 Å². The van der Waals surface area contributed by atoms with Crippen LogP contribution >= 0.6 is 0 Å². The van der Waals surface area contributed by atoms with E-state index in [-0.39, 0.29) is 17.0 Å². The number of benzene rings is 1. The lowest BCUT2D eigenvalue weighted by atomic mass is 10.3. The van der Waals surface area contributed by atoms with E-state index in [4.69, 9.17) is 5.73 Å². The van der Waals surface area contributed by atoms with Crippen LogP contribution in [-0.2, 0) is 13.1 Å². The summed E-state index contributed by atoms with van der Waals surface area (Å²) < 4.78 is 4.35. The highest BCUT2D eigenvalue weighted by atomic mass is 79.9. The monoisotopic (exact) mass is 283 g/mol. The van der Waals surface area contributed by atoms with E-state index in [2.05, 4.69) is 47.2 Å². The number of anilines is 1. The molecule has 0 radical (unpaired) electrons. The first kappa shape index (κ1) is 13.0. The molecule has 0 saturated carbocycles. The van der Waals surface area contributed by atoms with Crippen molar-refractivity contribution in [1.29, 1.82) is 0 Å². The zero-order valence-electron chi connectivity index (χ0n) is 9.78. The van der Waals surface area contributed by atoms with E-state index in [1.54, 1.807) is 0 Å². The van der Waals surface area contributed by atoms with Gasteiger partial charge in [0.15, 0.2) is 0 Å². The molecule has 0 aliphatic carbocycles. The SMILES string of the molecule is CCC[n+]1c(N)n(CC)c2ccccc21.[Br-]. The standard InChI is InChI=1S/C12H17N3.BrH/c1-3-9-15-11-8-6-5-7-10(11)14(4-2)12(15)13;/h5-8,13H,3-4,9H2,1-2H3;1H. The Morgan fingerprint density at radius 1 is 1.25 bits per heavy atom. The summed E-state index contributed by atoms with van der Waals surface area (Å²) in [4.78, 5) is 0. The molecule has 0 aliphatic heterocycles. The normalized spacial score (nSPS) is 10.4. The van der Waals surface area contributed by atoms with Gasteiger partial charge in [-0.3, -0.25) is 5.73 Å². The molecule has 2 rings (SSSR count). The number of nitrogen functional groups attached to an aromatic ring is 1. The minimum absolute atomic E-state index is 0. The first-order chi connectivity index (χ1) is 7.29. The molecule has 1 aromatic heterocycles. The molecular formula is C12H18BrN3. The van der Waals surface area contributed by atoms with Crippen LogP contribution in [0, 0.1) is 0 Å². The number of aromatic nitrogens is 2. The molecule has 0 atom stereocenters. The van der Waals surface area contributed by atoms with Gasteiger partial charge >= 0.3 is 5.95 Å². The van der Waals surface area contributed by atoms with Crippen molar-refractivity contribution in [3.8, 4) is 0 Å². The smallest absolute Gasteiger partial charge is 0.356 e. The number of hydrogen-bond acceptors (Lipinski definition) is 1. The summed E-state index contributed by atoms with van der Waals surface area (Å²) in [6, 6.07) is 8.38. The van der Waals surface area contributed by atoms with Crippen molar-refractivity contribution >= 4 is 17.0 Å². The fourth-order valence-electron chi connectivity index (χ4n) is 2.10. The van der Waals surface area contributed by atoms with Crippen LogP contribution in [0.4, 0.5) is 5.95 Å². The highest BCUT2D eigenvalue weighted by molar-refractivity contribution is 5.73. The van der Waals surface area contributed by atoms with E-state index in [9.17, 15) is 0 Å². The van der Waals surface area contributed by atoms with Crippen molar-refractivity contribution in [2.24, 2.45) is 0 Å². The van der Waals surface area contributed by atoms with Crippen LogP contribution in [0.25, 0.3) is 11.0 Å². The summed E-state index contributed by atoms with van der Waals surface area (Å²) in [7, 11) is 0. The van der Waals surface area contributed by atoms with Gasteiger partial charge in [-0.05, 0) is 25.5 Å². The van der Waals surface area contributed by atoms with Gasteiger partial charge in [0.25, 0.3) is 0 Å². The first-order valence-corrected chi connectivity index (χ1v) is 5.56. The molecule has 2 N–H and O–H groups in total. The molecule has 0 bridgehead atoms. The van der Waals surface area contributed by atoms with Crippen molar-refractivity contribution in [1.82, 2.24) is 4.57 Å². The quantitative estimate of drug-likeness (QED) is 0.717. The lowest BCUT2D eigenvalue weighted by Gasteiger charge is -1.97. The molecule has 0 spiro atoms. The number of halogens is 1. The zero-order valence-corrected chi connectivity index (χ0v) is 11.4. The molecule has 16 heavy (non-hydrogen) atoms. The number of para-hydroxylation sites is 2. The number of fused-ring (bicyclic) bond motifs is 1. The molecule has 88 valence electrons. The van der Waals surface area contributed by atoms with Gasteiger partial charge in [-0.15, -0.1) is 0 Å². The number of imidazole rings is 1. The Kier molecular flexibility index (Phi) is 4.35. The number of hydrogen-bond donors (Lipinski definition) is 1. The van der Waals surface area contributed by atoms with E-state index >= 15 is 0 Å². The fourth-order valence-corrected chi connectivity index (χ4v) is 2.10. The van der Waals surface area contributed by atoms with Crippen molar-refractivity contribution in [2.45, 2.75) is 33.4 Å². The van der Waals surface area contributed by atoms with Crippen molar-refractivity contribution in [3.63, 3.8) is 0 Å². The summed E-state index contributed by atoms with van der Waals surface area (Å²) in [6.07, 6.45) is 1.10. The van der Waals surface area contributed by atoms with E-state index < -0.39 is 0 Å². The molecule has 0 unspecified atom stereocenters. The molecule has 0 saturated heterocycles. The molecule has 2 aromatic rings. The summed E-state index contributed by atoms with van der Waals surface area (Å²) in [5, 5.41) is 0. The predicted molar refractivity (Wildman–Crippen MR) is 62.5 cm³/mol. The average molecular weight is 284 g/mol. The van der Waals surface area contributed by atoms with Crippen LogP contribution in [0.1, 0.15) is 20.3 Å². The third kappa shape index (κ3) is 1.94. The van der Waals surface area contributed by atoms with Crippen LogP contribution in [0.2, 0.25) is 0 Å². The van der Waals surface area contributed by atoms with Gasteiger partial charge in [-0.1, -0.05) is 19.1 Å². The maximum atomic E-state index is 6.14. The summed E-state index contributed by atoms with van der Waals surface area (Å²) >= 11 is 0. The molecule has 0 amide bonds. The topological polar surface area (TPSA) is 34.8 Å². The minimum Gasteiger partial charge on any atom is -1.00 e. The van der Waals surface area contributed by atoms with Crippen LogP contribution in [0.5, 0.6) is 0 Å². The molecule has 3 nitrogen and oxygen atoms in total. The second-order valence-corrected chi connectivity index (χ2v) is 3.74. The van der Waals surface area contributed by atoms with Gasteiger partial charge in [-0.2, -0.15) is 0 Å². The second-order valence-electron chi connectivity index (χ2n) is 3.74. The van der Waals surface area contributed by atoms with Crippen LogP contribution < -0.4 is 27.3 Å². The van der Waals surface area contributed by atoms with Crippen molar-refractivity contribution < 1.29 is 21.5 Å². The third-order valence-corrected chi connectivity index (χ3v) is 2.78. The fraction of sp³-hybridized carbons (Fsp3) is 0.417. The Labute approximate surface area is 107 Å². The van der Waals surface area contributed by atoms with Gasteiger partial charge in [0.2, 0.25) is 0 Å². The molecule has 1 aromatic carbocycles. The Morgan fingerprint density at radius 2 is 1.94 bits per heavy atom. The minimum atomic E-state index is 0. The number of nitrogens with zero attached hydrogens (tertiary/aromatic N) is 2. The number of nitrogens with two attached hydrogens (primary N) is 1. The Morgan fingerprint density at radius 3 is 2.56 bits per heavy atom. The van der Waals surface area contributed by atoms with Gasteiger partial charge in [-0.25, -0.2) is 9.13 Å². The Bertz CT molecular complexity index is 476. The number of aryl methyl sites for hydroxylation is 2. The lowest BCUT2D eigenvalue weighted by Crippen LogP contribution is -3.00. The molecule has 0 aliphatic rings. The zero-order chi connectivity index (χ0) is 10.8. The molecule has 0 fully saturated rings. The lowest BCUT2D eigenvalue weighted by molar-refractivity contribution is -0.657. The van der Waals surface area contributed by atoms with Crippen LogP contribution in [-0.4, -0.2) is 4.57 Å². The summed E-state index contributed by atoms with van der Waals surface area (Å²) in [5.41, 5.74) is 8.60. The van der Waals surface area contributed by atoms with Crippen molar-refractivity contribution in [2.75, 3.05) is 5.73 Å². The van der Waals surface area contributed by atoms with Crippen LogP contribution in [0.15, 0.2) is 24.3 Å². The summed E-state index contributed by atoms with van der Waals surface area (Å²) in [5.74, 6) is 0.862. The van der Waals surface area contributed by atoms with E-state index in [0.29, 0.717) is 0 Å².